The van der Waals surface area contributed by atoms with Gasteiger partial charge in [-0.1, -0.05) is 18.2 Å². The monoisotopic (exact) mass is 478 g/mol. The van der Waals surface area contributed by atoms with E-state index in [0.717, 1.165) is 27.6 Å². The van der Waals surface area contributed by atoms with Gasteiger partial charge < -0.3 is 9.52 Å². The Balaban J connectivity index is 1.50. The summed E-state index contributed by atoms with van der Waals surface area (Å²) in [6, 6.07) is 10.6. The van der Waals surface area contributed by atoms with Crippen molar-refractivity contribution in [1.82, 2.24) is 9.97 Å². The molecule has 1 N–H and O–H groups in total. The Kier molecular flexibility index (Phi) is 6.25. The number of benzene rings is 2. The number of halogens is 3. The number of hydrogen-bond donors (Lipinski definition) is 1. The maximum Gasteiger partial charge on any atom is 0.416 e. The second kappa shape index (κ2) is 8.95. The molecular weight excluding hydrogens is 461 g/mol. The first-order chi connectivity index (χ1) is 15.2. The van der Waals surface area contributed by atoms with Gasteiger partial charge in [0.15, 0.2) is 11.5 Å². The number of hydrogen-bond acceptors (Lipinski definition) is 6. The highest BCUT2D eigenvalue weighted by molar-refractivity contribution is 7.98. The van der Waals surface area contributed by atoms with Gasteiger partial charge in [-0.05, 0) is 31.2 Å². The van der Waals surface area contributed by atoms with E-state index >= 15 is 0 Å². The van der Waals surface area contributed by atoms with Crippen molar-refractivity contribution < 1.29 is 27.5 Å². The molecule has 166 valence electrons. The third-order valence-electron chi connectivity index (χ3n) is 4.69. The van der Waals surface area contributed by atoms with Crippen LogP contribution in [0.25, 0.3) is 21.7 Å². The molecule has 2 heterocycles. The summed E-state index contributed by atoms with van der Waals surface area (Å²) in [5.41, 5.74) is 2.06. The van der Waals surface area contributed by atoms with Crippen LogP contribution < -0.4 is 0 Å². The molecule has 0 spiro atoms. The van der Waals surface area contributed by atoms with E-state index in [1.807, 2.05) is 25.1 Å². The van der Waals surface area contributed by atoms with Crippen molar-refractivity contribution in [2.45, 2.75) is 36.6 Å². The van der Waals surface area contributed by atoms with Crippen LogP contribution in [0, 0.1) is 6.92 Å². The highest BCUT2D eigenvalue weighted by atomic mass is 32.2. The van der Waals surface area contributed by atoms with Crippen LogP contribution in [-0.2, 0) is 23.1 Å². The number of thioether (sulfide) groups is 1. The number of aryl methyl sites for hydroxylation is 2. The number of thiazole rings is 1. The highest BCUT2D eigenvalue weighted by Gasteiger charge is 2.30. The molecule has 0 unspecified atom stereocenters. The Morgan fingerprint density at radius 1 is 1.16 bits per heavy atom. The zero-order valence-electron chi connectivity index (χ0n) is 16.8. The van der Waals surface area contributed by atoms with Gasteiger partial charge in [0.1, 0.15) is 10.5 Å². The number of fused-ring (bicyclic) bond motifs is 1. The van der Waals surface area contributed by atoms with Crippen LogP contribution in [0.5, 0.6) is 0 Å². The molecule has 32 heavy (non-hydrogen) atoms. The summed E-state index contributed by atoms with van der Waals surface area (Å²) >= 11 is 2.98. The number of nitrogens with zero attached hydrogens (tertiary/aromatic N) is 2. The summed E-state index contributed by atoms with van der Waals surface area (Å²) in [7, 11) is 0. The van der Waals surface area contributed by atoms with E-state index in [9.17, 15) is 18.0 Å². The van der Waals surface area contributed by atoms with Crippen molar-refractivity contribution in [3.05, 3.63) is 64.5 Å². The minimum atomic E-state index is -4.37. The molecule has 0 aliphatic carbocycles. The molecule has 0 saturated carbocycles. The van der Waals surface area contributed by atoms with Gasteiger partial charge in [-0.15, -0.1) is 23.1 Å². The van der Waals surface area contributed by atoms with Gasteiger partial charge in [-0.2, -0.15) is 13.2 Å². The number of aromatic nitrogens is 2. The minimum absolute atomic E-state index is 0.0535. The SMILES string of the molecule is Cc1nc(-c2ccc(C(F)(F)F)cc2)sc1CSc1cccc2nc(CCC(=O)O)oc12. The molecule has 10 heteroatoms. The molecule has 5 nitrogen and oxygen atoms in total. The van der Waals surface area contributed by atoms with Crippen LogP contribution >= 0.6 is 23.1 Å². The second-order valence-electron chi connectivity index (χ2n) is 7.00. The topological polar surface area (TPSA) is 76.2 Å². The Morgan fingerprint density at radius 2 is 1.91 bits per heavy atom. The quantitative estimate of drug-likeness (QED) is 0.302. The molecule has 2 aromatic carbocycles. The molecule has 0 saturated heterocycles. The van der Waals surface area contributed by atoms with Crippen LogP contribution in [0.2, 0.25) is 0 Å². The van der Waals surface area contributed by atoms with E-state index in [-0.39, 0.29) is 12.8 Å². The van der Waals surface area contributed by atoms with Gasteiger partial charge in [-0.3, -0.25) is 4.79 Å². The summed E-state index contributed by atoms with van der Waals surface area (Å²) in [6.45, 7) is 1.87. The van der Waals surface area contributed by atoms with E-state index < -0.39 is 17.7 Å². The number of oxazole rings is 1. The van der Waals surface area contributed by atoms with Gasteiger partial charge in [0.05, 0.1) is 22.6 Å². The molecule has 0 atom stereocenters. The highest BCUT2D eigenvalue weighted by Crippen LogP contribution is 2.36. The second-order valence-corrected chi connectivity index (χ2v) is 9.10. The lowest BCUT2D eigenvalue weighted by Gasteiger charge is -2.06. The number of carboxylic acids is 1. The zero-order chi connectivity index (χ0) is 22.9. The van der Waals surface area contributed by atoms with Crippen molar-refractivity contribution in [1.29, 1.82) is 0 Å². The molecular formula is C22H17F3N2O3S2. The first kappa shape index (κ1) is 22.3. The van der Waals surface area contributed by atoms with E-state index in [1.165, 1.54) is 23.5 Å². The van der Waals surface area contributed by atoms with Crippen LogP contribution in [-0.4, -0.2) is 21.0 Å². The summed E-state index contributed by atoms with van der Waals surface area (Å²) in [5.74, 6) is 0.0781. The molecule has 0 fully saturated rings. The molecule has 0 amide bonds. The van der Waals surface area contributed by atoms with Crippen molar-refractivity contribution in [3.8, 4) is 10.6 Å². The van der Waals surface area contributed by atoms with E-state index in [4.69, 9.17) is 9.52 Å². The number of para-hydroxylation sites is 1. The summed E-state index contributed by atoms with van der Waals surface area (Å²) < 4.78 is 44.1. The molecule has 0 bridgehead atoms. The first-order valence-electron chi connectivity index (χ1n) is 9.57. The van der Waals surface area contributed by atoms with Crippen molar-refractivity contribution in [3.63, 3.8) is 0 Å². The van der Waals surface area contributed by atoms with Crippen LogP contribution in [0.1, 0.15) is 28.4 Å². The largest absolute Gasteiger partial charge is 0.481 e. The van der Waals surface area contributed by atoms with Gasteiger partial charge in [0, 0.05) is 22.6 Å². The predicted molar refractivity (Wildman–Crippen MR) is 117 cm³/mol. The number of carboxylic acid groups (broad SMARTS) is 1. The van der Waals surface area contributed by atoms with E-state index in [2.05, 4.69) is 9.97 Å². The van der Waals surface area contributed by atoms with Gasteiger partial charge in [-0.25, -0.2) is 9.97 Å². The lowest BCUT2D eigenvalue weighted by atomic mass is 10.1. The van der Waals surface area contributed by atoms with Crippen molar-refractivity contribution in [2.75, 3.05) is 0 Å². The van der Waals surface area contributed by atoms with Crippen LogP contribution in [0.15, 0.2) is 51.8 Å². The van der Waals surface area contributed by atoms with Crippen molar-refractivity contribution in [2.24, 2.45) is 0 Å². The van der Waals surface area contributed by atoms with Gasteiger partial charge >= 0.3 is 12.1 Å². The minimum Gasteiger partial charge on any atom is -0.481 e. The van der Waals surface area contributed by atoms with Crippen molar-refractivity contribution >= 4 is 40.2 Å². The maximum absolute atomic E-state index is 12.8. The average molecular weight is 479 g/mol. The summed E-state index contributed by atoms with van der Waals surface area (Å²) in [6.07, 6.45) is -4.20. The fourth-order valence-electron chi connectivity index (χ4n) is 3.03. The third-order valence-corrected chi connectivity index (χ3v) is 7.14. The van der Waals surface area contributed by atoms with Crippen LogP contribution in [0.4, 0.5) is 13.2 Å². The number of carbonyl (C=O) groups is 1. The van der Waals surface area contributed by atoms with Crippen LogP contribution in [0.3, 0.4) is 0 Å². The summed E-state index contributed by atoms with van der Waals surface area (Å²) in [5, 5.41) is 9.51. The molecule has 2 aromatic heterocycles. The number of alkyl halides is 3. The standard InChI is InChI=1S/C22H17F3N2O3S2/c1-12-17(32-21(26-12)13-5-7-14(8-6-13)22(23,24)25)11-31-16-4-2-3-15-20(16)30-18(27-15)9-10-19(28)29/h2-8H,9-11H2,1H3,(H,28,29). The Labute approximate surface area is 189 Å². The molecule has 0 aliphatic heterocycles. The molecule has 0 aliphatic rings. The average Bonchev–Trinajstić information content (AvgIpc) is 3.33. The predicted octanol–water partition coefficient (Wildman–Crippen LogP) is 6.59. The number of aliphatic carboxylic acids is 1. The van der Waals surface area contributed by atoms with Gasteiger partial charge in [0.25, 0.3) is 0 Å². The van der Waals surface area contributed by atoms with Gasteiger partial charge in [0.2, 0.25) is 0 Å². The third kappa shape index (κ3) is 4.97. The number of rotatable bonds is 7. The zero-order valence-corrected chi connectivity index (χ0v) is 18.4. The fraction of sp³-hybridized carbons (Fsp3) is 0.227. The smallest absolute Gasteiger partial charge is 0.416 e. The molecule has 4 rings (SSSR count). The Bertz CT molecular complexity index is 1260. The Hall–Kier alpha value is -2.85. The van der Waals surface area contributed by atoms with E-state index in [1.54, 1.807) is 11.8 Å². The molecule has 4 aromatic rings. The lowest BCUT2D eigenvalue weighted by Crippen LogP contribution is -2.03. The lowest BCUT2D eigenvalue weighted by molar-refractivity contribution is -0.138. The van der Waals surface area contributed by atoms with E-state index in [0.29, 0.717) is 33.3 Å². The normalized spacial score (nSPS) is 11.9. The first-order valence-corrected chi connectivity index (χ1v) is 11.4. The molecule has 0 radical (unpaired) electrons. The summed E-state index contributed by atoms with van der Waals surface area (Å²) in [4.78, 5) is 21.5. The maximum atomic E-state index is 12.8. The Morgan fingerprint density at radius 3 is 2.59 bits per heavy atom. The fourth-order valence-corrected chi connectivity index (χ4v) is 5.26.